The molecule has 0 radical (unpaired) electrons. The van der Waals surface area contributed by atoms with Crippen LogP contribution in [0.1, 0.15) is 6.23 Å². The molecule has 0 amide bonds. The number of hydrogen-bond donors (Lipinski definition) is 2. The molecule has 13 heteroatoms. The van der Waals surface area contributed by atoms with Gasteiger partial charge in [-0.05, 0) is 6.10 Å². The van der Waals surface area contributed by atoms with Crippen LogP contribution in [0.25, 0.3) is 11.2 Å². The van der Waals surface area contributed by atoms with Gasteiger partial charge in [0.1, 0.15) is 24.2 Å². The van der Waals surface area contributed by atoms with Gasteiger partial charge in [-0.3, -0.25) is 13.6 Å². The topological polar surface area (TPSA) is 158 Å². The first-order chi connectivity index (χ1) is 10.5. The zero-order valence-electron chi connectivity index (χ0n) is 12.0. The van der Waals surface area contributed by atoms with Crippen molar-refractivity contribution in [1.82, 2.24) is 19.5 Å². The Labute approximate surface area is 151 Å². The molecule has 5 atom stereocenters. The first kappa shape index (κ1) is 17.2. The minimum Gasteiger partial charge on any atom is -0.847 e. The Bertz CT molecular complexity index is 788. The molecule has 3 N–H and O–H groups in total. The standard InChI is InChI=1S/C10H11N5O6P.Na/c11-8-5-9(13-2-12-8)15(3-14-5)10-6(16)7-4(20-10)1-19-22(17,18)21-7;/h2-4,6-7,10H,1H2,(H,17,18)(H2,11,12,13);/q-1;+1/t4-,6-,7-,10-;/m1./s1. The average Bonchev–Trinajstić information content (AvgIpc) is 3.01. The fourth-order valence-corrected chi connectivity index (χ4v) is 3.56. The van der Waals surface area contributed by atoms with Gasteiger partial charge in [0.25, 0.3) is 0 Å². The summed E-state index contributed by atoms with van der Waals surface area (Å²) in [6.45, 7) is -0.197. The quantitative estimate of drug-likeness (QED) is 0.379. The van der Waals surface area contributed by atoms with E-state index in [1.165, 1.54) is 17.2 Å². The van der Waals surface area contributed by atoms with E-state index in [9.17, 15) is 14.6 Å². The minimum atomic E-state index is -4.20. The fourth-order valence-electron chi connectivity index (χ4n) is 2.60. The van der Waals surface area contributed by atoms with Crippen LogP contribution in [0.5, 0.6) is 0 Å². The Morgan fingerprint density at radius 2 is 2.22 bits per heavy atom. The van der Waals surface area contributed by atoms with Crippen molar-refractivity contribution < 1.29 is 57.9 Å². The van der Waals surface area contributed by atoms with Crippen molar-refractivity contribution in [3.63, 3.8) is 0 Å². The number of ether oxygens (including phenoxy) is 1. The van der Waals surface area contributed by atoms with Gasteiger partial charge in [-0.15, -0.1) is 0 Å². The second kappa shape index (κ2) is 6.03. The molecule has 2 aliphatic rings. The molecular formula is C10H11N5NaO6P. The zero-order valence-corrected chi connectivity index (χ0v) is 14.9. The third-order valence-electron chi connectivity index (χ3n) is 3.60. The maximum Gasteiger partial charge on any atom is 1.00 e. The van der Waals surface area contributed by atoms with Crippen LogP contribution in [0, 0.1) is 0 Å². The number of hydrogen-bond acceptors (Lipinski definition) is 9. The van der Waals surface area contributed by atoms with Gasteiger partial charge in [0, 0.05) is 0 Å². The minimum absolute atomic E-state index is 0. The molecule has 118 valence electrons. The SMILES string of the molecule is Nc1ncnc2c1ncn2[C@@H]1O[C@@H]2COP(=O)(O)O[C@H]2[C@H]1[O-].[Na+]. The number of fused-ring (bicyclic) bond motifs is 2. The Kier molecular flexibility index (Phi) is 4.51. The molecule has 2 aliphatic heterocycles. The van der Waals surface area contributed by atoms with Gasteiger partial charge < -0.3 is 20.5 Å². The van der Waals surface area contributed by atoms with Crippen molar-refractivity contribution in [3.05, 3.63) is 12.7 Å². The summed E-state index contributed by atoms with van der Waals surface area (Å²) in [4.78, 5) is 21.2. The molecule has 2 saturated heterocycles. The molecule has 1 unspecified atom stereocenters. The van der Waals surface area contributed by atoms with Crippen LogP contribution >= 0.6 is 7.82 Å². The maximum absolute atomic E-state index is 12.5. The van der Waals surface area contributed by atoms with Crippen molar-refractivity contribution in [2.24, 2.45) is 0 Å². The molecule has 2 aromatic heterocycles. The summed E-state index contributed by atoms with van der Waals surface area (Å²) in [6, 6.07) is 0. The molecule has 0 aromatic carbocycles. The molecule has 2 fully saturated rings. The number of nitrogens with two attached hydrogens (primary N) is 1. The largest absolute Gasteiger partial charge is 1.00 e. The zero-order chi connectivity index (χ0) is 15.5. The van der Waals surface area contributed by atoms with Crippen LogP contribution < -0.4 is 40.4 Å². The van der Waals surface area contributed by atoms with E-state index < -0.39 is 32.4 Å². The Balaban J connectivity index is 0.00000156. The number of nitrogens with zero attached hydrogens (tertiary/aromatic N) is 4. The first-order valence-electron chi connectivity index (χ1n) is 6.36. The number of nitrogen functional groups attached to an aromatic ring is 1. The van der Waals surface area contributed by atoms with E-state index in [2.05, 4.69) is 19.5 Å². The van der Waals surface area contributed by atoms with Gasteiger partial charge >= 0.3 is 37.4 Å². The van der Waals surface area contributed by atoms with Gasteiger partial charge in [0.05, 0.1) is 19.0 Å². The predicted octanol–water partition coefficient (Wildman–Crippen LogP) is -4.45. The van der Waals surface area contributed by atoms with Crippen LogP contribution in [-0.2, 0) is 18.3 Å². The molecular weight excluding hydrogens is 340 g/mol. The first-order valence-corrected chi connectivity index (χ1v) is 7.86. The van der Waals surface area contributed by atoms with E-state index >= 15 is 0 Å². The van der Waals surface area contributed by atoms with Crippen molar-refractivity contribution in [2.45, 2.75) is 24.5 Å². The van der Waals surface area contributed by atoms with Gasteiger partial charge in [0.2, 0.25) is 0 Å². The summed E-state index contributed by atoms with van der Waals surface area (Å²) < 4.78 is 27.9. The normalized spacial score (nSPS) is 36.6. The Hall–Kier alpha value is -0.620. The average molecular weight is 351 g/mol. The molecule has 0 spiro atoms. The maximum atomic E-state index is 12.5. The van der Waals surface area contributed by atoms with Crippen LogP contribution in [0.3, 0.4) is 0 Å². The number of anilines is 1. The van der Waals surface area contributed by atoms with E-state index in [0.717, 1.165) is 0 Å². The smallest absolute Gasteiger partial charge is 0.847 e. The number of rotatable bonds is 1. The molecule has 0 saturated carbocycles. The third-order valence-corrected chi connectivity index (χ3v) is 4.59. The summed E-state index contributed by atoms with van der Waals surface area (Å²) in [5.74, 6) is 0.182. The molecule has 4 heterocycles. The number of phosphoric ester groups is 1. The van der Waals surface area contributed by atoms with E-state index in [4.69, 9.17) is 15.0 Å². The van der Waals surface area contributed by atoms with E-state index in [1.54, 1.807) is 0 Å². The summed E-state index contributed by atoms with van der Waals surface area (Å²) >= 11 is 0. The van der Waals surface area contributed by atoms with Crippen molar-refractivity contribution in [1.29, 1.82) is 0 Å². The van der Waals surface area contributed by atoms with Crippen LogP contribution in [0.2, 0.25) is 0 Å². The van der Waals surface area contributed by atoms with Crippen molar-refractivity contribution in [3.8, 4) is 0 Å². The van der Waals surface area contributed by atoms with Crippen molar-refractivity contribution in [2.75, 3.05) is 12.3 Å². The van der Waals surface area contributed by atoms with Gasteiger partial charge in [0.15, 0.2) is 11.5 Å². The Morgan fingerprint density at radius 1 is 1.43 bits per heavy atom. The third kappa shape index (κ3) is 2.82. The monoisotopic (exact) mass is 351 g/mol. The summed E-state index contributed by atoms with van der Waals surface area (Å²) in [7, 11) is -4.20. The molecule has 0 bridgehead atoms. The van der Waals surface area contributed by atoms with Crippen LogP contribution in [0.15, 0.2) is 12.7 Å². The molecule has 11 nitrogen and oxygen atoms in total. The Morgan fingerprint density at radius 3 is 3.00 bits per heavy atom. The number of aromatic nitrogens is 4. The predicted molar refractivity (Wildman–Crippen MR) is 68.1 cm³/mol. The summed E-state index contributed by atoms with van der Waals surface area (Å²) in [5.41, 5.74) is 6.38. The number of imidazole rings is 1. The molecule has 4 rings (SSSR count). The second-order valence-electron chi connectivity index (χ2n) is 4.95. The molecule has 0 aliphatic carbocycles. The van der Waals surface area contributed by atoms with Gasteiger partial charge in [-0.2, -0.15) is 0 Å². The van der Waals surface area contributed by atoms with Crippen LogP contribution in [-0.4, -0.2) is 49.3 Å². The molecule has 2 aromatic rings. The van der Waals surface area contributed by atoms with Crippen molar-refractivity contribution >= 4 is 24.8 Å². The van der Waals surface area contributed by atoms with E-state index in [1.807, 2.05) is 0 Å². The van der Waals surface area contributed by atoms with E-state index in [-0.39, 0.29) is 42.0 Å². The summed E-state index contributed by atoms with van der Waals surface area (Å²) in [5, 5.41) is 12.5. The van der Waals surface area contributed by atoms with Gasteiger partial charge in [-0.1, -0.05) is 0 Å². The second-order valence-corrected chi connectivity index (χ2v) is 6.35. The van der Waals surface area contributed by atoms with E-state index in [0.29, 0.717) is 11.2 Å². The number of phosphoric acid groups is 1. The van der Waals surface area contributed by atoms with Gasteiger partial charge in [-0.25, -0.2) is 19.5 Å². The van der Waals surface area contributed by atoms with Crippen LogP contribution in [0.4, 0.5) is 5.82 Å². The summed E-state index contributed by atoms with van der Waals surface area (Å²) in [6.07, 6.45) is -1.66. The molecule has 23 heavy (non-hydrogen) atoms. The fraction of sp³-hybridized carbons (Fsp3) is 0.500.